The average Bonchev–Trinajstić information content (AvgIpc) is 2.96. The topological polar surface area (TPSA) is 76.2 Å². The summed E-state index contributed by atoms with van der Waals surface area (Å²) in [5.41, 5.74) is 1.74. The van der Waals surface area contributed by atoms with Gasteiger partial charge in [-0.3, -0.25) is 14.4 Å². The van der Waals surface area contributed by atoms with Gasteiger partial charge in [0.05, 0.1) is 13.2 Å². The minimum Gasteiger partial charge on any atom is -0.382 e. The van der Waals surface area contributed by atoms with E-state index < -0.39 is 0 Å². The second-order valence-electron chi connectivity index (χ2n) is 6.95. The molecule has 0 unspecified atom stereocenters. The normalized spacial score (nSPS) is 14.6. The van der Waals surface area contributed by atoms with Gasteiger partial charge >= 0.3 is 0 Å². The predicted octanol–water partition coefficient (Wildman–Crippen LogP) is 1.68. The number of rotatable bonds is 9. The van der Waals surface area contributed by atoms with Gasteiger partial charge in [-0.1, -0.05) is 29.8 Å². The maximum atomic E-state index is 12.5. The number of aryl methyl sites for hydroxylation is 1. The minimum atomic E-state index is -0.0695. The van der Waals surface area contributed by atoms with Crippen molar-refractivity contribution in [3.63, 3.8) is 0 Å². The van der Waals surface area contributed by atoms with Crippen LogP contribution in [-0.4, -0.2) is 80.5 Å². The van der Waals surface area contributed by atoms with E-state index in [1.807, 2.05) is 19.1 Å². The molecule has 1 heterocycles. The third kappa shape index (κ3) is 7.05. The zero-order valence-corrected chi connectivity index (χ0v) is 16.8. The largest absolute Gasteiger partial charge is 0.382 e. The van der Waals surface area contributed by atoms with Crippen molar-refractivity contribution in [3.8, 4) is 0 Å². The van der Waals surface area contributed by atoms with Gasteiger partial charge in [0.1, 0.15) is 6.61 Å². The van der Waals surface area contributed by atoms with E-state index >= 15 is 0 Å². The summed E-state index contributed by atoms with van der Waals surface area (Å²) in [5.74, 6) is -0.126. The predicted molar refractivity (Wildman–Crippen MR) is 105 cm³/mol. The minimum absolute atomic E-state index is 0.0202. The first kappa shape index (κ1) is 22.0. The fourth-order valence-corrected chi connectivity index (χ4v) is 3.07. The lowest BCUT2D eigenvalue weighted by Gasteiger charge is -2.22. The highest BCUT2D eigenvalue weighted by Crippen LogP contribution is 2.11. The summed E-state index contributed by atoms with van der Waals surface area (Å²) in [5, 5.41) is 0. The molecular weight excluding hydrogens is 360 g/mol. The second kappa shape index (κ2) is 11.6. The Kier molecular flexibility index (Phi) is 9.10. The van der Waals surface area contributed by atoms with Crippen molar-refractivity contribution in [1.82, 2.24) is 9.80 Å². The average molecular weight is 390 g/mol. The van der Waals surface area contributed by atoms with Crippen molar-refractivity contribution in [2.24, 2.45) is 0 Å². The van der Waals surface area contributed by atoms with Gasteiger partial charge in [0, 0.05) is 51.7 Å². The van der Waals surface area contributed by atoms with Crippen LogP contribution in [0.25, 0.3) is 0 Å². The summed E-state index contributed by atoms with van der Waals surface area (Å²) >= 11 is 0. The van der Waals surface area contributed by atoms with E-state index in [1.165, 1.54) is 0 Å². The first-order valence-corrected chi connectivity index (χ1v) is 9.73. The number of hydrogen-bond acceptors (Lipinski definition) is 5. The molecule has 28 heavy (non-hydrogen) atoms. The summed E-state index contributed by atoms with van der Waals surface area (Å²) in [6.45, 7) is 5.03. The van der Waals surface area contributed by atoms with Crippen LogP contribution in [0, 0.1) is 6.92 Å². The molecule has 1 aromatic rings. The monoisotopic (exact) mass is 390 g/mol. The maximum absolute atomic E-state index is 12.5. The molecule has 7 nitrogen and oxygen atoms in total. The van der Waals surface area contributed by atoms with Crippen LogP contribution in [0.1, 0.15) is 35.2 Å². The molecular formula is C21H30N2O5. The van der Waals surface area contributed by atoms with E-state index in [4.69, 9.17) is 9.47 Å². The number of amides is 2. The molecule has 7 heteroatoms. The Labute approximate surface area is 166 Å². The van der Waals surface area contributed by atoms with Gasteiger partial charge in [-0.2, -0.15) is 0 Å². The molecule has 2 amide bonds. The van der Waals surface area contributed by atoms with Crippen LogP contribution in [0.2, 0.25) is 0 Å². The lowest BCUT2D eigenvalue weighted by molar-refractivity contribution is -0.137. The molecule has 0 atom stereocenters. The number of nitrogens with zero attached hydrogens (tertiary/aromatic N) is 2. The molecule has 1 aliphatic rings. The third-order valence-electron chi connectivity index (χ3n) is 4.80. The number of carbonyl (C=O) groups is 3. The number of ether oxygens (including phenoxy) is 2. The molecule has 2 rings (SSSR count). The fourth-order valence-electron chi connectivity index (χ4n) is 3.07. The second-order valence-corrected chi connectivity index (χ2v) is 6.95. The molecule has 0 saturated carbocycles. The summed E-state index contributed by atoms with van der Waals surface area (Å²) < 4.78 is 10.2. The summed E-state index contributed by atoms with van der Waals surface area (Å²) in [4.78, 5) is 40.4. The van der Waals surface area contributed by atoms with E-state index in [0.29, 0.717) is 45.0 Å². The molecule has 154 valence electrons. The van der Waals surface area contributed by atoms with E-state index in [9.17, 15) is 14.4 Å². The first-order chi connectivity index (χ1) is 13.5. The number of carbonyl (C=O) groups excluding carboxylic acids is 3. The Hall–Kier alpha value is -2.25. The third-order valence-corrected chi connectivity index (χ3v) is 4.80. The van der Waals surface area contributed by atoms with E-state index in [2.05, 4.69) is 0 Å². The highest BCUT2D eigenvalue weighted by atomic mass is 16.5. The van der Waals surface area contributed by atoms with Gasteiger partial charge in [-0.05, 0) is 13.3 Å². The number of ketones is 1. The molecule has 1 saturated heterocycles. The highest BCUT2D eigenvalue weighted by molar-refractivity contribution is 5.98. The van der Waals surface area contributed by atoms with Crippen LogP contribution >= 0.6 is 0 Å². The van der Waals surface area contributed by atoms with E-state index in [1.54, 1.807) is 29.0 Å². The first-order valence-electron chi connectivity index (χ1n) is 9.73. The molecule has 0 N–H and O–H groups in total. The SMILES string of the molecule is COCCOCC(=O)N1CCCN(C(=O)CCC(=O)c2ccc(C)cc2)CC1. The number of Topliss-reactive ketones (excluding diaryl/α,β-unsaturated/α-hetero) is 1. The van der Waals surface area contributed by atoms with Crippen molar-refractivity contribution >= 4 is 17.6 Å². The van der Waals surface area contributed by atoms with Crippen LogP contribution in [0.5, 0.6) is 0 Å². The molecule has 0 radical (unpaired) electrons. The fraction of sp³-hybridized carbons (Fsp3) is 0.571. The van der Waals surface area contributed by atoms with Crippen molar-refractivity contribution in [2.75, 3.05) is 53.1 Å². The van der Waals surface area contributed by atoms with Crippen LogP contribution in [0.3, 0.4) is 0 Å². The van der Waals surface area contributed by atoms with Crippen LogP contribution in [0.15, 0.2) is 24.3 Å². The lowest BCUT2D eigenvalue weighted by atomic mass is 10.0. The van der Waals surface area contributed by atoms with Gasteiger partial charge in [0.15, 0.2) is 5.78 Å². The van der Waals surface area contributed by atoms with Crippen LogP contribution in [0.4, 0.5) is 0 Å². The van der Waals surface area contributed by atoms with Crippen LogP contribution in [-0.2, 0) is 19.1 Å². The van der Waals surface area contributed by atoms with Gasteiger partial charge < -0.3 is 19.3 Å². The number of benzene rings is 1. The van der Waals surface area contributed by atoms with Crippen molar-refractivity contribution in [1.29, 1.82) is 0 Å². The Balaban J connectivity index is 1.75. The van der Waals surface area contributed by atoms with Crippen molar-refractivity contribution in [3.05, 3.63) is 35.4 Å². The lowest BCUT2D eigenvalue weighted by Crippen LogP contribution is -2.39. The Morgan fingerprint density at radius 3 is 2.18 bits per heavy atom. The van der Waals surface area contributed by atoms with Gasteiger partial charge in [0.2, 0.25) is 11.8 Å². The quantitative estimate of drug-likeness (QED) is 0.474. The Morgan fingerprint density at radius 1 is 0.893 bits per heavy atom. The smallest absolute Gasteiger partial charge is 0.248 e. The number of methoxy groups -OCH3 is 1. The molecule has 1 aromatic carbocycles. The van der Waals surface area contributed by atoms with E-state index in [-0.39, 0.29) is 37.0 Å². The Morgan fingerprint density at radius 2 is 1.54 bits per heavy atom. The highest BCUT2D eigenvalue weighted by Gasteiger charge is 2.22. The standard InChI is InChI=1S/C21H30N2O5/c1-17-4-6-18(7-5-17)19(24)8-9-20(25)22-10-3-11-23(13-12-22)21(26)16-28-15-14-27-2/h4-7H,3,8-16H2,1-2H3. The molecule has 0 aliphatic carbocycles. The van der Waals surface area contributed by atoms with Gasteiger partial charge in [-0.15, -0.1) is 0 Å². The zero-order valence-electron chi connectivity index (χ0n) is 16.8. The molecule has 0 bridgehead atoms. The van der Waals surface area contributed by atoms with Gasteiger partial charge in [0.25, 0.3) is 0 Å². The molecule has 0 aromatic heterocycles. The van der Waals surface area contributed by atoms with Crippen LogP contribution < -0.4 is 0 Å². The van der Waals surface area contributed by atoms with Gasteiger partial charge in [-0.25, -0.2) is 0 Å². The summed E-state index contributed by atoms with van der Waals surface area (Å²) in [6.07, 6.45) is 1.12. The molecule has 0 spiro atoms. The van der Waals surface area contributed by atoms with E-state index in [0.717, 1.165) is 12.0 Å². The molecule has 1 fully saturated rings. The van der Waals surface area contributed by atoms with Crippen molar-refractivity contribution < 1.29 is 23.9 Å². The summed E-state index contributed by atoms with van der Waals surface area (Å²) in [7, 11) is 1.58. The number of hydrogen-bond donors (Lipinski definition) is 0. The molecule has 1 aliphatic heterocycles. The maximum Gasteiger partial charge on any atom is 0.248 e. The summed E-state index contributed by atoms with van der Waals surface area (Å²) in [6, 6.07) is 7.39. The van der Waals surface area contributed by atoms with Crippen molar-refractivity contribution in [2.45, 2.75) is 26.2 Å². The Bertz CT molecular complexity index is 659. The zero-order chi connectivity index (χ0) is 20.4.